The average Bonchev–Trinajstić information content (AvgIpc) is 2.75. The maximum absolute atomic E-state index is 5.83. The minimum atomic E-state index is -0.245. The lowest BCUT2D eigenvalue weighted by Gasteiger charge is -2.30. The van der Waals surface area contributed by atoms with Crippen LogP contribution in [0.2, 0.25) is 0 Å². The van der Waals surface area contributed by atoms with Crippen LogP contribution < -0.4 is 16.4 Å². The maximum atomic E-state index is 5.83. The van der Waals surface area contributed by atoms with Gasteiger partial charge in [0.1, 0.15) is 4.99 Å². The number of anilines is 2. The summed E-state index contributed by atoms with van der Waals surface area (Å²) in [4.78, 5) is 0.922. The van der Waals surface area contributed by atoms with Gasteiger partial charge < -0.3 is 20.5 Å². The van der Waals surface area contributed by atoms with Crippen LogP contribution in [0.15, 0.2) is 23.1 Å². The van der Waals surface area contributed by atoms with E-state index in [1.165, 1.54) is 4.90 Å². The van der Waals surface area contributed by atoms with Crippen molar-refractivity contribution >= 4 is 23.1 Å². The number of benzene rings is 1. The Labute approximate surface area is 118 Å². The van der Waals surface area contributed by atoms with E-state index in [9.17, 15) is 0 Å². The van der Waals surface area contributed by atoms with Gasteiger partial charge in [-0.05, 0) is 18.2 Å². The summed E-state index contributed by atoms with van der Waals surface area (Å²) >= 11 is 1.75. The van der Waals surface area contributed by atoms with Crippen LogP contribution in [0.5, 0.6) is 0 Å². The standard InChI is InChI=1S/C13H21N3O2S/c1-17-7-5-13(15-6-8-18-2)16-11-4-3-10(14)9-12(11)19-13/h3-4,9,15-16H,5-8,14H2,1-2H3. The third-order valence-corrected chi connectivity index (χ3v) is 4.36. The second-order valence-electron chi connectivity index (χ2n) is 4.47. The van der Waals surface area contributed by atoms with Crippen LogP contribution in [0.1, 0.15) is 6.42 Å². The number of thioether (sulfide) groups is 1. The van der Waals surface area contributed by atoms with E-state index in [4.69, 9.17) is 15.2 Å². The normalized spacial score (nSPS) is 21.2. The first kappa shape index (κ1) is 14.5. The summed E-state index contributed by atoms with van der Waals surface area (Å²) in [5.74, 6) is 0. The molecule has 1 aliphatic rings. The van der Waals surface area contributed by atoms with Gasteiger partial charge in [-0.15, -0.1) is 0 Å². The zero-order chi connectivity index (χ0) is 13.7. The number of fused-ring (bicyclic) bond motifs is 1. The van der Waals surface area contributed by atoms with Crippen molar-refractivity contribution in [3.63, 3.8) is 0 Å². The largest absolute Gasteiger partial charge is 0.399 e. The topological polar surface area (TPSA) is 68.5 Å². The Kier molecular flexibility index (Phi) is 4.93. The van der Waals surface area contributed by atoms with E-state index in [-0.39, 0.29) is 4.99 Å². The summed E-state index contributed by atoms with van der Waals surface area (Å²) in [7, 11) is 3.42. The zero-order valence-corrected chi connectivity index (χ0v) is 12.2. The third-order valence-electron chi connectivity index (χ3n) is 3.00. The predicted molar refractivity (Wildman–Crippen MR) is 79.4 cm³/mol. The van der Waals surface area contributed by atoms with E-state index < -0.39 is 0 Å². The molecule has 0 bridgehead atoms. The molecule has 2 rings (SSSR count). The number of hydrogen-bond donors (Lipinski definition) is 3. The number of rotatable bonds is 7. The number of nitrogens with one attached hydrogen (secondary N) is 2. The molecule has 0 amide bonds. The summed E-state index contributed by atoms with van der Waals surface area (Å²) in [6, 6.07) is 5.93. The van der Waals surface area contributed by atoms with Gasteiger partial charge in [-0.2, -0.15) is 0 Å². The highest BCUT2D eigenvalue weighted by Crippen LogP contribution is 2.46. The van der Waals surface area contributed by atoms with E-state index in [1.54, 1.807) is 26.0 Å². The Bertz CT molecular complexity index is 430. The lowest BCUT2D eigenvalue weighted by Crippen LogP contribution is -2.48. The van der Waals surface area contributed by atoms with Gasteiger partial charge in [-0.25, -0.2) is 0 Å². The van der Waals surface area contributed by atoms with Crippen LogP contribution in [0.25, 0.3) is 0 Å². The second kappa shape index (κ2) is 6.47. The number of ether oxygens (including phenoxy) is 2. The molecule has 0 aromatic heterocycles. The van der Waals surface area contributed by atoms with Gasteiger partial charge in [-0.1, -0.05) is 11.8 Å². The molecule has 4 N–H and O–H groups in total. The van der Waals surface area contributed by atoms with Crippen molar-refractivity contribution in [1.29, 1.82) is 0 Å². The molecule has 0 aliphatic carbocycles. The van der Waals surface area contributed by atoms with Gasteiger partial charge >= 0.3 is 0 Å². The predicted octanol–water partition coefficient (Wildman–Crippen LogP) is 1.71. The van der Waals surface area contributed by atoms with Crippen LogP contribution in [0.4, 0.5) is 11.4 Å². The number of nitrogens with two attached hydrogens (primary N) is 1. The van der Waals surface area contributed by atoms with Crippen LogP contribution in [-0.2, 0) is 9.47 Å². The minimum Gasteiger partial charge on any atom is -0.399 e. The van der Waals surface area contributed by atoms with Crippen LogP contribution in [0, 0.1) is 0 Å². The number of hydrogen-bond acceptors (Lipinski definition) is 6. The van der Waals surface area contributed by atoms with Crippen molar-refractivity contribution in [3.8, 4) is 0 Å². The fraction of sp³-hybridized carbons (Fsp3) is 0.538. The molecule has 0 fully saturated rings. The van der Waals surface area contributed by atoms with E-state index >= 15 is 0 Å². The molecule has 1 heterocycles. The fourth-order valence-electron chi connectivity index (χ4n) is 2.04. The maximum Gasteiger partial charge on any atom is 0.143 e. The fourth-order valence-corrected chi connectivity index (χ4v) is 3.36. The Hall–Kier alpha value is -0.950. The molecule has 5 nitrogen and oxygen atoms in total. The Morgan fingerprint density at radius 3 is 2.84 bits per heavy atom. The quantitative estimate of drug-likeness (QED) is 0.523. The molecule has 0 saturated heterocycles. The van der Waals surface area contributed by atoms with E-state index in [1.807, 2.05) is 18.2 Å². The monoisotopic (exact) mass is 283 g/mol. The first-order valence-corrected chi connectivity index (χ1v) is 7.10. The van der Waals surface area contributed by atoms with Gasteiger partial charge in [0.15, 0.2) is 0 Å². The second-order valence-corrected chi connectivity index (χ2v) is 5.81. The van der Waals surface area contributed by atoms with Crippen molar-refractivity contribution in [2.45, 2.75) is 16.3 Å². The smallest absolute Gasteiger partial charge is 0.143 e. The molecule has 0 saturated carbocycles. The van der Waals surface area contributed by atoms with E-state index in [0.717, 1.165) is 24.3 Å². The molecule has 1 aliphatic heterocycles. The van der Waals surface area contributed by atoms with Gasteiger partial charge in [0.05, 0.1) is 18.9 Å². The van der Waals surface area contributed by atoms with Crippen molar-refractivity contribution in [1.82, 2.24) is 5.32 Å². The lowest BCUT2D eigenvalue weighted by molar-refractivity contribution is 0.171. The molecular weight excluding hydrogens is 262 g/mol. The Balaban J connectivity index is 2.08. The van der Waals surface area contributed by atoms with Crippen molar-refractivity contribution in [2.75, 3.05) is 45.0 Å². The molecule has 1 aromatic rings. The molecule has 1 aromatic carbocycles. The van der Waals surface area contributed by atoms with Gasteiger partial charge in [0.25, 0.3) is 0 Å². The van der Waals surface area contributed by atoms with E-state index in [0.29, 0.717) is 13.2 Å². The molecular formula is C13H21N3O2S. The van der Waals surface area contributed by atoms with Crippen molar-refractivity contribution < 1.29 is 9.47 Å². The molecule has 19 heavy (non-hydrogen) atoms. The van der Waals surface area contributed by atoms with Crippen LogP contribution in [-0.4, -0.2) is 39.0 Å². The molecule has 0 radical (unpaired) electrons. The highest BCUT2D eigenvalue weighted by Gasteiger charge is 2.37. The number of nitrogen functional groups attached to an aromatic ring is 1. The molecule has 1 unspecified atom stereocenters. The third kappa shape index (κ3) is 3.54. The highest BCUT2D eigenvalue weighted by molar-refractivity contribution is 8.01. The first-order valence-electron chi connectivity index (χ1n) is 6.29. The number of methoxy groups -OCH3 is 2. The summed E-state index contributed by atoms with van der Waals surface area (Å²) in [5.41, 5.74) is 7.73. The molecule has 0 spiro atoms. The molecule has 1 atom stereocenters. The Morgan fingerprint density at radius 1 is 1.32 bits per heavy atom. The summed E-state index contributed by atoms with van der Waals surface area (Å²) in [5, 5.41) is 7.03. The molecule has 6 heteroatoms. The van der Waals surface area contributed by atoms with Gasteiger partial charge in [-0.3, -0.25) is 5.32 Å². The summed E-state index contributed by atoms with van der Waals surface area (Å²) in [6.07, 6.45) is 0.854. The van der Waals surface area contributed by atoms with Gasteiger partial charge in [0.2, 0.25) is 0 Å². The van der Waals surface area contributed by atoms with Crippen molar-refractivity contribution in [2.24, 2.45) is 0 Å². The van der Waals surface area contributed by atoms with Crippen LogP contribution >= 0.6 is 11.8 Å². The average molecular weight is 283 g/mol. The van der Waals surface area contributed by atoms with Crippen molar-refractivity contribution in [3.05, 3.63) is 18.2 Å². The minimum absolute atomic E-state index is 0.245. The first-order chi connectivity index (χ1) is 9.19. The Morgan fingerprint density at radius 2 is 2.11 bits per heavy atom. The van der Waals surface area contributed by atoms with Crippen LogP contribution in [0.3, 0.4) is 0 Å². The highest BCUT2D eigenvalue weighted by atomic mass is 32.2. The zero-order valence-electron chi connectivity index (χ0n) is 11.4. The summed E-state index contributed by atoms with van der Waals surface area (Å²) < 4.78 is 10.3. The SMILES string of the molecule is COCCNC1(CCOC)Nc2ccc(N)cc2S1. The van der Waals surface area contributed by atoms with E-state index in [2.05, 4.69) is 10.6 Å². The lowest BCUT2D eigenvalue weighted by atomic mass is 10.2. The summed E-state index contributed by atoms with van der Waals surface area (Å²) in [6.45, 7) is 2.14. The molecule has 106 valence electrons. The van der Waals surface area contributed by atoms with Gasteiger partial charge in [0, 0.05) is 37.8 Å².